The van der Waals surface area contributed by atoms with Gasteiger partial charge in [0.2, 0.25) is 5.91 Å². The van der Waals surface area contributed by atoms with Gasteiger partial charge in [0.25, 0.3) is 0 Å². The number of likely N-dealkylation sites (N-methyl/N-ethyl adjacent to an activating group) is 1. The van der Waals surface area contributed by atoms with Crippen LogP contribution in [0.1, 0.15) is 24.6 Å². The first-order chi connectivity index (χ1) is 10.6. The fourth-order valence-electron chi connectivity index (χ4n) is 3.44. The van der Waals surface area contributed by atoms with E-state index in [2.05, 4.69) is 28.5 Å². The SMILES string of the molecule is CCCn1ncc(CN2C[C@@H]3COC[C@H](C2)N(C)C3=O)c1C. The molecule has 2 saturated heterocycles. The van der Waals surface area contributed by atoms with Crippen molar-refractivity contribution in [1.29, 1.82) is 0 Å². The largest absolute Gasteiger partial charge is 0.378 e. The molecule has 122 valence electrons. The maximum Gasteiger partial charge on any atom is 0.229 e. The van der Waals surface area contributed by atoms with Gasteiger partial charge >= 0.3 is 0 Å². The summed E-state index contributed by atoms with van der Waals surface area (Å²) in [5.41, 5.74) is 2.51. The molecule has 2 bridgehead atoms. The monoisotopic (exact) mass is 306 g/mol. The molecule has 0 saturated carbocycles. The van der Waals surface area contributed by atoms with Gasteiger partial charge in [-0.3, -0.25) is 14.4 Å². The highest BCUT2D eigenvalue weighted by Crippen LogP contribution is 2.22. The Hall–Kier alpha value is -1.40. The average Bonchev–Trinajstić information content (AvgIpc) is 2.69. The van der Waals surface area contributed by atoms with Crippen molar-refractivity contribution in [2.24, 2.45) is 5.92 Å². The molecule has 3 heterocycles. The number of hydrogen-bond acceptors (Lipinski definition) is 4. The van der Waals surface area contributed by atoms with E-state index < -0.39 is 0 Å². The first-order valence-corrected chi connectivity index (χ1v) is 8.18. The number of fused-ring (bicyclic) bond motifs is 3. The third kappa shape index (κ3) is 2.90. The Bertz CT molecular complexity index is 542. The van der Waals surface area contributed by atoms with Crippen LogP contribution < -0.4 is 0 Å². The van der Waals surface area contributed by atoms with Gasteiger partial charge < -0.3 is 9.64 Å². The number of ether oxygens (including phenoxy) is 1. The minimum atomic E-state index is -0.0384. The molecule has 2 aliphatic rings. The molecule has 2 atom stereocenters. The van der Waals surface area contributed by atoms with Crippen LogP contribution in [0.25, 0.3) is 0 Å². The number of amides is 1. The van der Waals surface area contributed by atoms with Crippen LogP contribution in [0.5, 0.6) is 0 Å². The third-order valence-electron chi connectivity index (χ3n) is 4.86. The van der Waals surface area contributed by atoms with E-state index in [1.807, 2.05) is 18.1 Å². The molecule has 0 spiro atoms. The van der Waals surface area contributed by atoms with Crippen molar-refractivity contribution in [2.45, 2.75) is 39.4 Å². The quantitative estimate of drug-likeness (QED) is 0.829. The topological polar surface area (TPSA) is 50.6 Å². The maximum absolute atomic E-state index is 12.4. The first-order valence-electron chi connectivity index (χ1n) is 8.18. The summed E-state index contributed by atoms with van der Waals surface area (Å²) in [6.45, 7) is 8.97. The Morgan fingerprint density at radius 3 is 2.95 bits per heavy atom. The Morgan fingerprint density at radius 2 is 2.18 bits per heavy atom. The van der Waals surface area contributed by atoms with E-state index >= 15 is 0 Å². The van der Waals surface area contributed by atoms with Crippen LogP contribution in [0.4, 0.5) is 0 Å². The van der Waals surface area contributed by atoms with Crippen molar-refractivity contribution in [1.82, 2.24) is 19.6 Å². The molecule has 6 nitrogen and oxygen atoms in total. The van der Waals surface area contributed by atoms with Gasteiger partial charge in [0, 0.05) is 44.5 Å². The van der Waals surface area contributed by atoms with Gasteiger partial charge in [-0.1, -0.05) is 6.92 Å². The molecule has 2 aliphatic heterocycles. The van der Waals surface area contributed by atoms with Gasteiger partial charge in [-0.2, -0.15) is 5.10 Å². The average molecular weight is 306 g/mol. The van der Waals surface area contributed by atoms with E-state index in [1.54, 1.807) is 0 Å². The molecule has 0 unspecified atom stereocenters. The molecule has 0 aliphatic carbocycles. The third-order valence-corrected chi connectivity index (χ3v) is 4.86. The molecule has 22 heavy (non-hydrogen) atoms. The highest BCUT2D eigenvalue weighted by atomic mass is 16.5. The lowest BCUT2D eigenvalue weighted by molar-refractivity contribution is -0.133. The van der Waals surface area contributed by atoms with E-state index in [1.165, 1.54) is 11.3 Å². The minimum Gasteiger partial charge on any atom is -0.378 e. The molecule has 6 heteroatoms. The molecule has 1 amide bonds. The van der Waals surface area contributed by atoms with Crippen LogP contribution in [0.2, 0.25) is 0 Å². The van der Waals surface area contributed by atoms with Gasteiger partial charge in [0.05, 0.1) is 31.4 Å². The van der Waals surface area contributed by atoms with Gasteiger partial charge in [0.1, 0.15) is 0 Å². The zero-order chi connectivity index (χ0) is 15.7. The zero-order valence-electron chi connectivity index (χ0n) is 13.8. The van der Waals surface area contributed by atoms with Crippen LogP contribution >= 0.6 is 0 Å². The van der Waals surface area contributed by atoms with Crippen molar-refractivity contribution < 1.29 is 9.53 Å². The Morgan fingerprint density at radius 1 is 1.36 bits per heavy atom. The summed E-state index contributed by atoms with van der Waals surface area (Å²) in [5, 5.41) is 4.48. The van der Waals surface area contributed by atoms with Crippen molar-refractivity contribution >= 4 is 5.91 Å². The number of hydrogen-bond donors (Lipinski definition) is 0. The molecule has 2 fully saturated rings. The molecular weight excluding hydrogens is 280 g/mol. The summed E-state index contributed by atoms with van der Waals surface area (Å²) in [7, 11) is 1.91. The van der Waals surface area contributed by atoms with E-state index in [0.29, 0.717) is 13.2 Å². The zero-order valence-corrected chi connectivity index (χ0v) is 13.8. The maximum atomic E-state index is 12.4. The number of aryl methyl sites for hydroxylation is 1. The van der Waals surface area contributed by atoms with Crippen LogP contribution in [-0.4, -0.2) is 64.9 Å². The fourth-order valence-corrected chi connectivity index (χ4v) is 3.44. The summed E-state index contributed by atoms with van der Waals surface area (Å²) < 4.78 is 7.73. The highest BCUT2D eigenvalue weighted by molar-refractivity contribution is 5.79. The summed E-state index contributed by atoms with van der Waals surface area (Å²) in [4.78, 5) is 16.7. The Balaban J connectivity index is 1.74. The minimum absolute atomic E-state index is 0.0384. The number of aromatic nitrogens is 2. The van der Waals surface area contributed by atoms with Crippen molar-refractivity contribution in [3.63, 3.8) is 0 Å². The van der Waals surface area contributed by atoms with E-state index in [-0.39, 0.29) is 17.9 Å². The first kappa shape index (κ1) is 15.5. The molecule has 1 aromatic heterocycles. The van der Waals surface area contributed by atoms with Crippen molar-refractivity contribution in [3.05, 3.63) is 17.5 Å². The van der Waals surface area contributed by atoms with Gasteiger partial charge in [-0.15, -0.1) is 0 Å². The number of carbonyl (C=O) groups is 1. The smallest absolute Gasteiger partial charge is 0.229 e. The van der Waals surface area contributed by atoms with Crippen LogP contribution in [0, 0.1) is 12.8 Å². The second-order valence-electron chi connectivity index (χ2n) is 6.51. The fraction of sp³-hybridized carbons (Fsp3) is 0.750. The lowest BCUT2D eigenvalue weighted by Crippen LogP contribution is -2.42. The van der Waals surface area contributed by atoms with Crippen molar-refractivity contribution in [2.75, 3.05) is 33.4 Å². The normalized spacial score (nSPS) is 26.3. The second kappa shape index (κ2) is 6.38. The molecule has 3 rings (SSSR count). The molecular formula is C16H26N4O2. The van der Waals surface area contributed by atoms with E-state index in [4.69, 9.17) is 4.74 Å². The van der Waals surface area contributed by atoms with Crippen LogP contribution in [0.15, 0.2) is 6.20 Å². The number of rotatable bonds is 4. The lowest BCUT2D eigenvalue weighted by Gasteiger charge is -2.29. The van der Waals surface area contributed by atoms with Gasteiger partial charge in [-0.05, 0) is 13.3 Å². The number of carbonyl (C=O) groups excluding carboxylic acids is 1. The summed E-state index contributed by atoms with van der Waals surface area (Å²) >= 11 is 0. The highest BCUT2D eigenvalue weighted by Gasteiger charge is 2.37. The standard InChI is InChI=1S/C16H26N4O2/c1-4-5-20-12(2)13(6-17-20)7-19-8-14-10-22-11-15(9-19)18(3)16(14)21/h6,14-15H,4-5,7-11H2,1-3H3/t14-,15+/m1/s1. The molecule has 1 aromatic rings. The summed E-state index contributed by atoms with van der Waals surface area (Å²) in [5.74, 6) is 0.187. The van der Waals surface area contributed by atoms with Crippen LogP contribution in [-0.2, 0) is 22.6 Å². The predicted octanol–water partition coefficient (Wildman–Crippen LogP) is 0.891. The predicted molar refractivity (Wildman–Crippen MR) is 83.4 cm³/mol. The molecule has 0 radical (unpaired) electrons. The Kier molecular flexibility index (Phi) is 4.49. The van der Waals surface area contributed by atoms with Crippen molar-refractivity contribution in [3.8, 4) is 0 Å². The Labute approximate surface area is 132 Å². The summed E-state index contributed by atoms with van der Waals surface area (Å²) in [6.07, 6.45) is 3.07. The molecule has 0 aromatic carbocycles. The van der Waals surface area contributed by atoms with Gasteiger partial charge in [-0.25, -0.2) is 0 Å². The van der Waals surface area contributed by atoms with Gasteiger partial charge in [0.15, 0.2) is 0 Å². The second-order valence-corrected chi connectivity index (χ2v) is 6.51. The van der Waals surface area contributed by atoms with Crippen LogP contribution in [0.3, 0.4) is 0 Å². The molecule has 0 N–H and O–H groups in total. The van der Waals surface area contributed by atoms with E-state index in [9.17, 15) is 4.79 Å². The number of nitrogens with zero attached hydrogens (tertiary/aromatic N) is 4. The lowest BCUT2D eigenvalue weighted by atomic mass is 10.1. The summed E-state index contributed by atoms with van der Waals surface area (Å²) in [6, 6.07) is 0.158. The van der Waals surface area contributed by atoms with E-state index in [0.717, 1.165) is 32.6 Å².